The van der Waals surface area contributed by atoms with E-state index in [0.29, 0.717) is 0 Å². The number of hydrogen-bond acceptors (Lipinski definition) is 5. The molecule has 1 aromatic rings. The molecule has 5 nitrogen and oxygen atoms in total. The molecule has 2 aliphatic rings. The van der Waals surface area contributed by atoms with Crippen molar-refractivity contribution in [3.05, 3.63) is 21.3 Å². The molecule has 1 saturated heterocycles. The van der Waals surface area contributed by atoms with Crippen molar-refractivity contribution in [1.82, 2.24) is 15.1 Å². The lowest BCUT2D eigenvalue weighted by Crippen LogP contribution is -2.58. The molecule has 7 heteroatoms. The number of halogens is 1. The summed E-state index contributed by atoms with van der Waals surface area (Å²) < 4.78 is 0.832. The second-order valence-corrected chi connectivity index (χ2v) is 9.24. The summed E-state index contributed by atoms with van der Waals surface area (Å²) in [7, 11) is 0. The molecule has 0 spiro atoms. The smallest absolute Gasteiger partial charge is 0.238 e. The summed E-state index contributed by atoms with van der Waals surface area (Å²) in [4.78, 5) is 18.6. The largest absolute Gasteiger partial charge is 0.336 e. The van der Waals surface area contributed by atoms with Gasteiger partial charge < -0.3 is 5.32 Å². The maximum Gasteiger partial charge on any atom is 0.238 e. The normalized spacial score (nSPS) is 22.5. The van der Waals surface area contributed by atoms with E-state index in [-0.39, 0.29) is 11.9 Å². The molecule has 1 amide bonds. The molecule has 0 aromatic carbocycles. The van der Waals surface area contributed by atoms with Crippen LogP contribution in [0.4, 0.5) is 0 Å². The molecule has 2 heterocycles. The highest BCUT2D eigenvalue weighted by Gasteiger charge is 2.36. The zero-order valence-corrected chi connectivity index (χ0v) is 16.9. The van der Waals surface area contributed by atoms with Crippen molar-refractivity contribution in [3.63, 3.8) is 0 Å². The molecule has 0 bridgehead atoms. The Morgan fingerprint density at radius 1 is 1.31 bits per heavy atom. The monoisotopic (exact) mass is 394 g/mol. The van der Waals surface area contributed by atoms with Crippen LogP contribution in [0.2, 0.25) is 4.34 Å². The Morgan fingerprint density at radius 3 is 2.58 bits per heavy atom. The topological polar surface area (TPSA) is 59.4 Å². The molecule has 1 unspecified atom stereocenters. The molecular formula is C19H27ClN4OS. The third-order valence-electron chi connectivity index (χ3n) is 5.63. The van der Waals surface area contributed by atoms with E-state index in [4.69, 9.17) is 11.6 Å². The van der Waals surface area contributed by atoms with Crippen LogP contribution in [0.1, 0.15) is 43.9 Å². The Kier molecular flexibility index (Phi) is 6.57. The summed E-state index contributed by atoms with van der Waals surface area (Å²) in [6.07, 6.45) is 4.76. The third kappa shape index (κ3) is 4.77. The highest BCUT2D eigenvalue weighted by molar-refractivity contribution is 7.16. The first-order valence-corrected chi connectivity index (χ1v) is 10.6. The van der Waals surface area contributed by atoms with Gasteiger partial charge in [0.15, 0.2) is 0 Å². The average molecular weight is 395 g/mol. The number of nitrogens with one attached hydrogen (secondary N) is 1. The predicted octanol–water partition coefficient (Wildman–Crippen LogP) is 3.25. The quantitative estimate of drug-likeness (QED) is 0.832. The van der Waals surface area contributed by atoms with Crippen molar-refractivity contribution in [2.75, 3.05) is 26.2 Å². The van der Waals surface area contributed by atoms with Crippen molar-refractivity contribution in [2.45, 2.75) is 57.2 Å². The number of piperazine rings is 1. The summed E-state index contributed by atoms with van der Waals surface area (Å²) in [6.45, 7) is 6.49. The fourth-order valence-corrected chi connectivity index (χ4v) is 5.02. The van der Waals surface area contributed by atoms with Crippen LogP contribution < -0.4 is 5.32 Å². The van der Waals surface area contributed by atoms with E-state index in [1.54, 1.807) is 11.3 Å². The number of carbonyl (C=O) groups is 1. The third-order valence-corrected chi connectivity index (χ3v) is 6.84. The predicted molar refractivity (Wildman–Crippen MR) is 105 cm³/mol. The Bertz CT molecular complexity index is 657. The van der Waals surface area contributed by atoms with Gasteiger partial charge in [-0.25, -0.2) is 0 Å². The first-order valence-electron chi connectivity index (χ1n) is 9.45. The minimum Gasteiger partial charge on any atom is -0.336 e. The van der Waals surface area contributed by atoms with Crippen molar-refractivity contribution in [2.24, 2.45) is 0 Å². The summed E-state index contributed by atoms with van der Waals surface area (Å²) >= 11 is 7.64. The van der Waals surface area contributed by atoms with Gasteiger partial charge in [0.2, 0.25) is 5.91 Å². The van der Waals surface area contributed by atoms with Gasteiger partial charge >= 0.3 is 0 Å². The number of amides is 1. The summed E-state index contributed by atoms with van der Waals surface area (Å²) in [5, 5.41) is 12.6. The van der Waals surface area contributed by atoms with E-state index < -0.39 is 5.54 Å². The Hall–Kier alpha value is -1.13. The zero-order valence-electron chi connectivity index (χ0n) is 15.3. The van der Waals surface area contributed by atoms with Crippen molar-refractivity contribution in [3.8, 4) is 6.07 Å². The van der Waals surface area contributed by atoms with Gasteiger partial charge in [-0.15, -0.1) is 11.3 Å². The van der Waals surface area contributed by atoms with E-state index in [9.17, 15) is 10.1 Å². The molecule has 1 aliphatic carbocycles. The van der Waals surface area contributed by atoms with Crippen LogP contribution in [0.15, 0.2) is 12.1 Å². The Labute approximate surface area is 164 Å². The van der Waals surface area contributed by atoms with Gasteiger partial charge in [-0.3, -0.25) is 14.6 Å². The number of carbonyl (C=O) groups excluding carboxylic acids is 1. The van der Waals surface area contributed by atoms with Gasteiger partial charge in [-0.1, -0.05) is 30.9 Å². The molecule has 0 radical (unpaired) electrons. The summed E-state index contributed by atoms with van der Waals surface area (Å²) in [5.41, 5.74) is -0.649. The maximum atomic E-state index is 12.7. The highest BCUT2D eigenvalue weighted by atomic mass is 35.5. The van der Waals surface area contributed by atoms with Crippen LogP contribution >= 0.6 is 22.9 Å². The van der Waals surface area contributed by atoms with E-state index in [2.05, 4.69) is 27.3 Å². The minimum absolute atomic E-state index is 0.00746. The molecule has 1 aromatic heterocycles. The lowest BCUT2D eigenvalue weighted by Gasteiger charge is -2.39. The molecular weight excluding hydrogens is 368 g/mol. The Morgan fingerprint density at radius 2 is 2.00 bits per heavy atom. The molecule has 2 fully saturated rings. The number of thiophene rings is 1. The fraction of sp³-hybridized carbons (Fsp3) is 0.684. The number of nitriles is 1. The average Bonchev–Trinajstić information content (AvgIpc) is 3.07. The van der Waals surface area contributed by atoms with Crippen LogP contribution in [0.5, 0.6) is 0 Å². The van der Waals surface area contributed by atoms with E-state index in [0.717, 1.165) is 69.2 Å². The van der Waals surface area contributed by atoms with Crippen molar-refractivity contribution in [1.29, 1.82) is 5.26 Å². The van der Waals surface area contributed by atoms with Crippen LogP contribution in [0.25, 0.3) is 0 Å². The van der Waals surface area contributed by atoms with E-state index in [1.807, 2.05) is 13.0 Å². The van der Waals surface area contributed by atoms with Gasteiger partial charge in [0.1, 0.15) is 5.54 Å². The first kappa shape index (κ1) is 19.6. The summed E-state index contributed by atoms with van der Waals surface area (Å²) in [5.74, 6) is -0.00746. The number of nitrogens with zero attached hydrogens (tertiary/aromatic N) is 3. The van der Waals surface area contributed by atoms with Crippen LogP contribution in [0, 0.1) is 11.3 Å². The number of rotatable bonds is 5. The Balaban J connectivity index is 1.49. The SMILES string of the molecule is CC(C(=O)NC1(C#N)CCCCC1)N1CCN(Cc2ccc(Cl)s2)CC1. The lowest BCUT2D eigenvalue weighted by atomic mass is 9.82. The fourth-order valence-electron chi connectivity index (χ4n) is 3.89. The van der Waals surface area contributed by atoms with Crippen molar-refractivity contribution >= 4 is 28.8 Å². The second-order valence-electron chi connectivity index (χ2n) is 7.44. The molecule has 1 aliphatic heterocycles. The first-order chi connectivity index (χ1) is 12.5. The molecule has 3 rings (SSSR count). The molecule has 1 saturated carbocycles. The highest BCUT2D eigenvalue weighted by Crippen LogP contribution is 2.28. The number of hydrogen-bond donors (Lipinski definition) is 1. The van der Waals surface area contributed by atoms with Crippen LogP contribution in [-0.4, -0.2) is 53.5 Å². The minimum atomic E-state index is -0.649. The summed E-state index contributed by atoms with van der Waals surface area (Å²) in [6, 6.07) is 6.21. The lowest BCUT2D eigenvalue weighted by molar-refractivity contribution is -0.128. The van der Waals surface area contributed by atoms with Crippen molar-refractivity contribution < 1.29 is 4.79 Å². The van der Waals surface area contributed by atoms with Gasteiger partial charge in [-0.05, 0) is 31.9 Å². The molecule has 142 valence electrons. The second kappa shape index (κ2) is 8.71. The van der Waals surface area contributed by atoms with Gasteiger partial charge in [-0.2, -0.15) is 5.26 Å². The van der Waals surface area contributed by atoms with Crippen LogP contribution in [-0.2, 0) is 11.3 Å². The molecule has 1 N–H and O–H groups in total. The zero-order chi connectivity index (χ0) is 18.6. The van der Waals surface area contributed by atoms with Crippen LogP contribution in [0.3, 0.4) is 0 Å². The molecule has 1 atom stereocenters. The van der Waals surface area contributed by atoms with Gasteiger partial charge in [0.25, 0.3) is 0 Å². The molecule has 26 heavy (non-hydrogen) atoms. The van der Waals surface area contributed by atoms with E-state index >= 15 is 0 Å². The maximum absolute atomic E-state index is 12.7. The van der Waals surface area contributed by atoms with E-state index in [1.165, 1.54) is 4.88 Å². The standard InChI is InChI=1S/C19H27ClN4OS/c1-15(18(25)22-19(14-21)7-3-2-4-8-19)24-11-9-23(10-12-24)13-16-5-6-17(20)26-16/h5-6,15H,2-4,7-13H2,1H3,(H,22,25). The van der Waals surface area contributed by atoms with Gasteiger partial charge in [0, 0.05) is 37.6 Å². The van der Waals surface area contributed by atoms with Gasteiger partial charge in [0.05, 0.1) is 16.4 Å².